The minimum Gasteiger partial charge on any atom is -0.375 e. The number of hydrogen-bond acceptors (Lipinski definition) is 5. The second-order valence-electron chi connectivity index (χ2n) is 3.47. The summed E-state index contributed by atoms with van der Waals surface area (Å²) in [7, 11) is 0. The molecule has 1 N–H and O–H groups in total. The normalized spacial score (nSPS) is 10.2. The van der Waals surface area contributed by atoms with Crippen molar-refractivity contribution < 1.29 is 4.92 Å². The molecule has 0 saturated carbocycles. The average molecular weight is 249 g/mol. The Morgan fingerprint density at radius 3 is 2.88 bits per heavy atom. The molecule has 2 rings (SSSR count). The summed E-state index contributed by atoms with van der Waals surface area (Å²) >= 11 is 1.58. The molecule has 0 bridgehead atoms. The van der Waals surface area contributed by atoms with E-state index in [1.54, 1.807) is 35.7 Å². The van der Waals surface area contributed by atoms with E-state index in [4.69, 9.17) is 0 Å². The van der Waals surface area contributed by atoms with Gasteiger partial charge in [0.1, 0.15) is 5.69 Å². The molecule has 0 spiro atoms. The van der Waals surface area contributed by atoms with E-state index in [1.807, 2.05) is 6.92 Å². The molecule has 0 aliphatic carbocycles. The number of thiazole rings is 1. The third kappa shape index (κ3) is 2.79. The average Bonchev–Trinajstić information content (AvgIpc) is 2.73. The second-order valence-corrected chi connectivity index (χ2v) is 4.79. The lowest BCUT2D eigenvalue weighted by Gasteiger charge is -2.04. The van der Waals surface area contributed by atoms with Crippen LogP contribution < -0.4 is 5.32 Å². The fraction of sp³-hybridized carbons (Fsp3) is 0.182. The Hall–Kier alpha value is -1.95. The SMILES string of the molecule is Cc1ncc(CNc2ccccc2[N+](=O)[O-])s1. The minimum atomic E-state index is -0.389. The summed E-state index contributed by atoms with van der Waals surface area (Å²) < 4.78 is 0. The van der Waals surface area contributed by atoms with Crippen molar-refractivity contribution in [2.45, 2.75) is 13.5 Å². The van der Waals surface area contributed by atoms with Crippen LogP contribution in [0.2, 0.25) is 0 Å². The van der Waals surface area contributed by atoms with Gasteiger partial charge in [-0.25, -0.2) is 4.98 Å². The van der Waals surface area contributed by atoms with Crippen molar-refractivity contribution in [3.63, 3.8) is 0 Å². The number of rotatable bonds is 4. The highest BCUT2D eigenvalue weighted by molar-refractivity contribution is 7.11. The summed E-state index contributed by atoms with van der Waals surface area (Å²) in [4.78, 5) is 15.6. The van der Waals surface area contributed by atoms with E-state index in [0.717, 1.165) is 9.88 Å². The molecule has 2 aromatic rings. The number of aryl methyl sites for hydroxylation is 1. The summed E-state index contributed by atoms with van der Waals surface area (Å²) in [6, 6.07) is 6.61. The van der Waals surface area contributed by atoms with Crippen LogP contribution >= 0.6 is 11.3 Å². The van der Waals surface area contributed by atoms with E-state index in [2.05, 4.69) is 10.3 Å². The number of nitrogens with zero attached hydrogens (tertiary/aromatic N) is 2. The maximum Gasteiger partial charge on any atom is 0.292 e. The highest BCUT2D eigenvalue weighted by Crippen LogP contribution is 2.24. The van der Waals surface area contributed by atoms with Crippen LogP contribution in [0.3, 0.4) is 0 Å². The fourth-order valence-electron chi connectivity index (χ4n) is 1.45. The molecule has 0 fully saturated rings. The van der Waals surface area contributed by atoms with Crippen LogP contribution in [0.25, 0.3) is 0 Å². The molecule has 6 heteroatoms. The van der Waals surface area contributed by atoms with Gasteiger partial charge in [0.15, 0.2) is 0 Å². The lowest BCUT2D eigenvalue weighted by Crippen LogP contribution is -2.01. The lowest BCUT2D eigenvalue weighted by molar-refractivity contribution is -0.384. The Balaban J connectivity index is 2.11. The number of nitro benzene ring substituents is 1. The zero-order valence-corrected chi connectivity index (χ0v) is 10.0. The van der Waals surface area contributed by atoms with Gasteiger partial charge in [-0.2, -0.15) is 0 Å². The first-order valence-electron chi connectivity index (χ1n) is 5.05. The van der Waals surface area contributed by atoms with Gasteiger partial charge in [0.2, 0.25) is 0 Å². The summed E-state index contributed by atoms with van der Waals surface area (Å²) in [5.74, 6) is 0. The van der Waals surface area contributed by atoms with E-state index < -0.39 is 0 Å². The zero-order valence-electron chi connectivity index (χ0n) is 9.21. The predicted octanol–water partition coefficient (Wildman–Crippen LogP) is 2.97. The molecule has 0 unspecified atom stereocenters. The fourth-order valence-corrected chi connectivity index (χ4v) is 2.19. The molecule has 88 valence electrons. The molecule has 0 radical (unpaired) electrons. The van der Waals surface area contributed by atoms with Crippen LogP contribution in [-0.2, 0) is 6.54 Å². The topological polar surface area (TPSA) is 68.1 Å². The van der Waals surface area contributed by atoms with Crippen LogP contribution in [0, 0.1) is 17.0 Å². The molecular weight excluding hydrogens is 238 g/mol. The van der Waals surface area contributed by atoms with Crippen LogP contribution in [0.1, 0.15) is 9.88 Å². The highest BCUT2D eigenvalue weighted by Gasteiger charge is 2.11. The smallest absolute Gasteiger partial charge is 0.292 e. The van der Waals surface area contributed by atoms with Crippen molar-refractivity contribution in [3.05, 3.63) is 50.5 Å². The molecule has 0 aliphatic heterocycles. The molecule has 0 saturated heterocycles. The largest absolute Gasteiger partial charge is 0.375 e. The van der Waals surface area contributed by atoms with Gasteiger partial charge in [0, 0.05) is 17.1 Å². The van der Waals surface area contributed by atoms with Crippen molar-refractivity contribution in [1.82, 2.24) is 4.98 Å². The number of nitrogens with one attached hydrogen (secondary N) is 1. The van der Waals surface area contributed by atoms with Gasteiger partial charge >= 0.3 is 0 Å². The Morgan fingerprint density at radius 1 is 1.47 bits per heavy atom. The molecule has 1 heterocycles. The van der Waals surface area contributed by atoms with Gasteiger partial charge < -0.3 is 5.32 Å². The third-order valence-electron chi connectivity index (χ3n) is 2.22. The first-order chi connectivity index (χ1) is 8.16. The number of aromatic nitrogens is 1. The molecular formula is C11H11N3O2S. The molecule has 0 aliphatic rings. The first-order valence-corrected chi connectivity index (χ1v) is 5.87. The first kappa shape index (κ1) is 11.5. The van der Waals surface area contributed by atoms with Crippen molar-refractivity contribution >= 4 is 22.7 Å². The molecule has 0 amide bonds. The Labute approximate surface area is 102 Å². The molecule has 1 aromatic carbocycles. The Bertz CT molecular complexity index is 539. The van der Waals surface area contributed by atoms with Crippen LogP contribution in [0.4, 0.5) is 11.4 Å². The van der Waals surface area contributed by atoms with Crippen molar-refractivity contribution in [2.75, 3.05) is 5.32 Å². The monoisotopic (exact) mass is 249 g/mol. The van der Waals surface area contributed by atoms with Gasteiger partial charge in [-0.05, 0) is 13.0 Å². The van der Waals surface area contributed by atoms with Crippen molar-refractivity contribution in [1.29, 1.82) is 0 Å². The predicted molar refractivity (Wildman–Crippen MR) is 67.3 cm³/mol. The third-order valence-corrected chi connectivity index (χ3v) is 3.14. The lowest BCUT2D eigenvalue weighted by atomic mass is 10.2. The van der Waals surface area contributed by atoms with E-state index >= 15 is 0 Å². The molecule has 1 aromatic heterocycles. The summed E-state index contributed by atoms with van der Waals surface area (Å²) in [5, 5.41) is 14.8. The summed E-state index contributed by atoms with van der Waals surface area (Å²) in [5.41, 5.74) is 0.622. The highest BCUT2D eigenvalue weighted by atomic mass is 32.1. The van der Waals surface area contributed by atoms with Crippen molar-refractivity contribution in [2.24, 2.45) is 0 Å². The number of hydrogen-bond donors (Lipinski definition) is 1. The minimum absolute atomic E-state index is 0.0914. The van der Waals surface area contributed by atoms with E-state index in [-0.39, 0.29) is 10.6 Å². The van der Waals surface area contributed by atoms with E-state index in [1.165, 1.54) is 6.07 Å². The quantitative estimate of drug-likeness (QED) is 0.668. The van der Waals surface area contributed by atoms with Gasteiger partial charge in [0.25, 0.3) is 5.69 Å². The van der Waals surface area contributed by atoms with Crippen LogP contribution in [0.15, 0.2) is 30.5 Å². The van der Waals surface area contributed by atoms with Gasteiger partial charge in [0.05, 0.1) is 16.5 Å². The molecule has 17 heavy (non-hydrogen) atoms. The summed E-state index contributed by atoms with van der Waals surface area (Å²) in [6.07, 6.45) is 1.78. The molecule has 5 nitrogen and oxygen atoms in total. The standard InChI is InChI=1S/C11H11N3O2S/c1-8-12-6-9(17-8)7-13-10-4-2-3-5-11(10)14(15)16/h2-6,13H,7H2,1H3. The number of para-hydroxylation sites is 2. The van der Waals surface area contributed by atoms with Crippen molar-refractivity contribution in [3.8, 4) is 0 Å². The van der Waals surface area contributed by atoms with Gasteiger partial charge in [-0.1, -0.05) is 12.1 Å². The van der Waals surface area contributed by atoms with E-state index in [0.29, 0.717) is 12.2 Å². The Kier molecular flexibility index (Phi) is 3.34. The molecule has 0 atom stereocenters. The number of benzene rings is 1. The van der Waals surface area contributed by atoms with Gasteiger partial charge in [-0.15, -0.1) is 11.3 Å². The maximum atomic E-state index is 10.8. The zero-order chi connectivity index (χ0) is 12.3. The number of nitro groups is 1. The second kappa shape index (κ2) is 4.92. The maximum absolute atomic E-state index is 10.8. The van der Waals surface area contributed by atoms with E-state index in [9.17, 15) is 10.1 Å². The summed E-state index contributed by atoms with van der Waals surface area (Å²) in [6.45, 7) is 2.48. The van der Waals surface area contributed by atoms with Crippen LogP contribution in [-0.4, -0.2) is 9.91 Å². The van der Waals surface area contributed by atoms with Crippen LogP contribution in [0.5, 0.6) is 0 Å². The number of anilines is 1. The van der Waals surface area contributed by atoms with Gasteiger partial charge in [-0.3, -0.25) is 10.1 Å². The Morgan fingerprint density at radius 2 is 2.24 bits per heavy atom.